The van der Waals surface area contributed by atoms with Crippen LogP contribution in [0.15, 0.2) is 0 Å². The Labute approximate surface area is 98.3 Å². The van der Waals surface area contributed by atoms with Gasteiger partial charge in [0.05, 0.1) is 0 Å². The normalized spacial score (nSPS) is 19.2. The van der Waals surface area contributed by atoms with E-state index in [1.807, 2.05) is 18.7 Å². The topological polar surface area (TPSA) is 41.6 Å². The third-order valence-electron chi connectivity index (χ3n) is 2.97. The average Bonchev–Trinajstić information content (AvgIpc) is 2.56. The minimum atomic E-state index is 0.0876. The van der Waals surface area contributed by atoms with Crippen molar-refractivity contribution in [2.45, 2.75) is 26.7 Å². The summed E-state index contributed by atoms with van der Waals surface area (Å²) in [6.45, 7) is 9.08. The second-order valence-electron chi connectivity index (χ2n) is 4.32. The number of hydrogen-bond acceptors (Lipinski definition) is 3. The molecule has 0 radical (unpaired) electrons. The Balaban J connectivity index is 2.30. The number of rotatable bonds is 5. The summed E-state index contributed by atoms with van der Waals surface area (Å²) in [5.74, 6) is 0.369. The first-order valence-electron chi connectivity index (χ1n) is 6.33. The van der Waals surface area contributed by atoms with Gasteiger partial charge in [0.2, 0.25) is 5.91 Å². The largest absolute Gasteiger partial charge is 0.382 e. The van der Waals surface area contributed by atoms with Gasteiger partial charge < -0.3 is 15.0 Å². The average molecular weight is 228 g/mol. The molecule has 0 aromatic heterocycles. The first-order chi connectivity index (χ1) is 7.75. The fourth-order valence-electron chi connectivity index (χ4n) is 1.91. The molecule has 0 saturated carbocycles. The van der Waals surface area contributed by atoms with Crippen molar-refractivity contribution in [3.63, 3.8) is 0 Å². The summed E-state index contributed by atoms with van der Waals surface area (Å²) < 4.78 is 5.28. The van der Waals surface area contributed by atoms with Crippen LogP contribution in [0, 0.1) is 5.92 Å². The smallest absolute Gasteiger partial charge is 0.225 e. The number of ether oxygens (including phenoxy) is 1. The lowest BCUT2D eigenvalue weighted by molar-refractivity contribution is -0.135. The zero-order valence-corrected chi connectivity index (χ0v) is 10.5. The van der Waals surface area contributed by atoms with E-state index in [0.29, 0.717) is 6.61 Å². The van der Waals surface area contributed by atoms with Crippen LogP contribution in [0.2, 0.25) is 0 Å². The van der Waals surface area contributed by atoms with Crippen LogP contribution < -0.4 is 5.32 Å². The van der Waals surface area contributed by atoms with Crippen LogP contribution in [0.1, 0.15) is 26.7 Å². The Morgan fingerprint density at radius 2 is 2.25 bits per heavy atom. The molecule has 1 N–H and O–H groups in total. The quantitative estimate of drug-likeness (QED) is 0.710. The molecule has 1 saturated heterocycles. The molecule has 0 spiro atoms. The van der Waals surface area contributed by atoms with Crippen LogP contribution in [0.4, 0.5) is 0 Å². The predicted molar refractivity (Wildman–Crippen MR) is 64.3 cm³/mol. The summed E-state index contributed by atoms with van der Waals surface area (Å²) in [7, 11) is 0. The number of nitrogens with one attached hydrogen (secondary N) is 1. The van der Waals surface area contributed by atoms with Gasteiger partial charge in [-0.25, -0.2) is 0 Å². The molecule has 0 aliphatic carbocycles. The number of hydrogen-bond donors (Lipinski definition) is 1. The van der Waals surface area contributed by atoms with Crippen LogP contribution >= 0.6 is 0 Å². The van der Waals surface area contributed by atoms with Gasteiger partial charge in [-0.1, -0.05) is 6.92 Å². The van der Waals surface area contributed by atoms with Gasteiger partial charge in [0, 0.05) is 38.8 Å². The van der Waals surface area contributed by atoms with E-state index in [-0.39, 0.29) is 11.8 Å². The lowest BCUT2D eigenvalue weighted by Gasteiger charge is -2.23. The fourth-order valence-corrected chi connectivity index (χ4v) is 1.91. The van der Waals surface area contributed by atoms with Gasteiger partial charge in [0.1, 0.15) is 0 Å². The van der Waals surface area contributed by atoms with E-state index in [1.165, 1.54) is 0 Å². The minimum Gasteiger partial charge on any atom is -0.382 e. The molecule has 1 heterocycles. The highest BCUT2D eigenvalue weighted by molar-refractivity contribution is 5.78. The Bertz CT molecular complexity index is 201. The lowest BCUT2D eigenvalue weighted by atomic mass is 10.1. The fraction of sp³-hybridized carbons (Fsp3) is 0.917. The van der Waals surface area contributed by atoms with Gasteiger partial charge >= 0.3 is 0 Å². The van der Waals surface area contributed by atoms with Crippen LogP contribution in [0.3, 0.4) is 0 Å². The van der Waals surface area contributed by atoms with Crippen molar-refractivity contribution in [2.75, 3.05) is 39.4 Å². The van der Waals surface area contributed by atoms with Gasteiger partial charge in [-0.05, 0) is 26.3 Å². The second-order valence-corrected chi connectivity index (χ2v) is 4.32. The number of nitrogens with zero attached hydrogens (tertiary/aromatic N) is 1. The van der Waals surface area contributed by atoms with Crippen molar-refractivity contribution in [2.24, 2.45) is 5.92 Å². The van der Waals surface area contributed by atoms with E-state index >= 15 is 0 Å². The number of amides is 1. The number of carbonyl (C=O) groups is 1. The molecule has 1 aliphatic rings. The minimum absolute atomic E-state index is 0.0876. The summed E-state index contributed by atoms with van der Waals surface area (Å²) in [5, 5.41) is 3.30. The maximum atomic E-state index is 12.1. The van der Waals surface area contributed by atoms with Gasteiger partial charge in [0.25, 0.3) is 0 Å². The first-order valence-corrected chi connectivity index (χ1v) is 6.33. The van der Waals surface area contributed by atoms with E-state index in [1.54, 1.807) is 0 Å². The monoisotopic (exact) mass is 228 g/mol. The summed E-state index contributed by atoms with van der Waals surface area (Å²) in [6, 6.07) is 0. The Morgan fingerprint density at radius 3 is 3.00 bits per heavy atom. The molecule has 1 aliphatic heterocycles. The van der Waals surface area contributed by atoms with Gasteiger partial charge in [0.15, 0.2) is 0 Å². The molecule has 16 heavy (non-hydrogen) atoms. The molecule has 1 atom stereocenters. The molecule has 0 bridgehead atoms. The van der Waals surface area contributed by atoms with Gasteiger partial charge in [-0.15, -0.1) is 0 Å². The summed E-state index contributed by atoms with van der Waals surface area (Å²) in [5.41, 5.74) is 0. The standard InChI is InChI=1S/C12H24N2O2/c1-3-16-10-5-11(2)12(15)14-8-4-6-13-7-9-14/h11,13H,3-10H2,1-2H3. The van der Waals surface area contributed by atoms with Gasteiger partial charge in [-0.2, -0.15) is 0 Å². The zero-order chi connectivity index (χ0) is 11.8. The van der Waals surface area contributed by atoms with Crippen LogP contribution in [-0.2, 0) is 9.53 Å². The van der Waals surface area contributed by atoms with Crippen molar-refractivity contribution in [3.05, 3.63) is 0 Å². The summed E-state index contributed by atoms with van der Waals surface area (Å²) >= 11 is 0. The van der Waals surface area contributed by atoms with Crippen molar-refractivity contribution in [1.82, 2.24) is 10.2 Å². The number of carbonyl (C=O) groups excluding carboxylic acids is 1. The molecule has 94 valence electrons. The van der Waals surface area contributed by atoms with E-state index < -0.39 is 0 Å². The molecular formula is C12H24N2O2. The Morgan fingerprint density at radius 1 is 1.44 bits per heavy atom. The zero-order valence-electron chi connectivity index (χ0n) is 10.5. The van der Waals surface area contributed by atoms with Gasteiger partial charge in [-0.3, -0.25) is 4.79 Å². The molecule has 0 aromatic rings. The predicted octanol–water partition coefficient (Wildman–Crippen LogP) is 0.871. The molecule has 4 nitrogen and oxygen atoms in total. The molecule has 4 heteroatoms. The summed E-state index contributed by atoms with van der Waals surface area (Å²) in [6.07, 6.45) is 1.89. The third kappa shape index (κ3) is 4.49. The van der Waals surface area contributed by atoms with E-state index in [4.69, 9.17) is 4.74 Å². The SMILES string of the molecule is CCOCCC(C)C(=O)N1CCCNCC1. The molecule has 1 amide bonds. The van der Waals surface area contributed by atoms with Crippen molar-refractivity contribution >= 4 is 5.91 Å². The molecule has 1 rings (SSSR count). The Hall–Kier alpha value is -0.610. The van der Waals surface area contributed by atoms with Crippen molar-refractivity contribution in [1.29, 1.82) is 0 Å². The highest BCUT2D eigenvalue weighted by atomic mass is 16.5. The maximum absolute atomic E-state index is 12.1. The lowest BCUT2D eigenvalue weighted by Crippen LogP contribution is -2.38. The maximum Gasteiger partial charge on any atom is 0.225 e. The molecule has 0 aromatic carbocycles. The molecule has 1 unspecified atom stereocenters. The molecule has 1 fully saturated rings. The highest BCUT2D eigenvalue weighted by Gasteiger charge is 2.20. The van der Waals surface area contributed by atoms with Crippen molar-refractivity contribution in [3.8, 4) is 0 Å². The molecular weight excluding hydrogens is 204 g/mol. The van der Waals surface area contributed by atoms with Crippen molar-refractivity contribution < 1.29 is 9.53 Å². The third-order valence-corrected chi connectivity index (χ3v) is 2.97. The summed E-state index contributed by atoms with van der Waals surface area (Å²) in [4.78, 5) is 14.1. The van der Waals surface area contributed by atoms with E-state index in [9.17, 15) is 4.79 Å². The van der Waals surface area contributed by atoms with E-state index in [2.05, 4.69) is 5.32 Å². The Kier molecular flexibility index (Phi) is 6.42. The van der Waals surface area contributed by atoms with Crippen LogP contribution in [-0.4, -0.2) is 50.2 Å². The van der Waals surface area contributed by atoms with Crippen LogP contribution in [0.5, 0.6) is 0 Å². The van der Waals surface area contributed by atoms with Crippen LogP contribution in [0.25, 0.3) is 0 Å². The second kappa shape index (κ2) is 7.63. The van der Waals surface area contributed by atoms with E-state index in [0.717, 1.165) is 45.6 Å². The first kappa shape index (κ1) is 13.5. The highest BCUT2D eigenvalue weighted by Crippen LogP contribution is 2.09.